The highest BCUT2D eigenvalue weighted by Crippen LogP contribution is 2.23. The fourth-order valence-corrected chi connectivity index (χ4v) is 2.71. The van der Waals surface area contributed by atoms with Crippen LogP contribution in [0.1, 0.15) is 47.3 Å². The first-order chi connectivity index (χ1) is 12.0. The number of amides is 1. The molecule has 0 spiro atoms. The molecule has 0 radical (unpaired) electrons. The summed E-state index contributed by atoms with van der Waals surface area (Å²) in [5.41, 5.74) is 4.53. The van der Waals surface area contributed by atoms with E-state index in [-0.39, 0.29) is 5.91 Å². The molecule has 1 amide bonds. The van der Waals surface area contributed by atoms with Crippen LogP contribution in [0, 0.1) is 13.8 Å². The fraction of sp³-hybridized carbons (Fsp3) is 0.381. The standard InChI is InChI=1S/C21H27NO3/c1-5-9-24-14-18-13-17(7-8-20(18)25-6-2)21(23)22-19-11-15(3)10-16(4)12-19/h7-8,10-13H,5-6,9,14H2,1-4H3,(H,22,23). The first-order valence-corrected chi connectivity index (χ1v) is 8.76. The van der Waals surface area contributed by atoms with Crippen LogP contribution in [0.25, 0.3) is 0 Å². The van der Waals surface area contributed by atoms with E-state index in [9.17, 15) is 4.79 Å². The minimum atomic E-state index is -0.134. The summed E-state index contributed by atoms with van der Waals surface area (Å²) in [4.78, 5) is 12.6. The van der Waals surface area contributed by atoms with Gasteiger partial charge in [0, 0.05) is 23.4 Å². The summed E-state index contributed by atoms with van der Waals surface area (Å²) in [5, 5.41) is 2.97. The molecule has 0 aliphatic rings. The van der Waals surface area contributed by atoms with Crippen LogP contribution < -0.4 is 10.1 Å². The Hall–Kier alpha value is -2.33. The van der Waals surface area contributed by atoms with Crippen LogP contribution in [0.5, 0.6) is 5.75 Å². The van der Waals surface area contributed by atoms with Crippen molar-refractivity contribution in [2.45, 2.75) is 40.7 Å². The minimum Gasteiger partial charge on any atom is -0.494 e. The highest BCUT2D eigenvalue weighted by Gasteiger charge is 2.11. The second-order valence-electron chi connectivity index (χ2n) is 6.14. The van der Waals surface area contributed by atoms with Crippen molar-refractivity contribution in [1.82, 2.24) is 0 Å². The van der Waals surface area contributed by atoms with Crippen LogP contribution in [0.4, 0.5) is 5.69 Å². The first kappa shape index (κ1) is 19.0. The molecule has 0 unspecified atom stereocenters. The maximum absolute atomic E-state index is 12.6. The number of hydrogen-bond donors (Lipinski definition) is 1. The number of carbonyl (C=O) groups is 1. The van der Waals surface area contributed by atoms with Gasteiger partial charge in [-0.05, 0) is 68.7 Å². The molecule has 0 saturated carbocycles. The Labute approximate surface area is 150 Å². The molecule has 2 aromatic rings. The average molecular weight is 341 g/mol. The van der Waals surface area contributed by atoms with Gasteiger partial charge in [-0.25, -0.2) is 0 Å². The van der Waals surface area contributed by atoms with Gasteiger partial charge in [0.25, 0.3) is 5.91 Å². The Morgan fingerprint density at radius 3 is 2.40 bits per heavy atom. The van der Waals surface area contributed by atoms with Gasteiger partial charge in [0.15, 0.2) is 0 Å². The Bertz CT molecular complexity index is 705. The van der Waals surface area contributed by atoms with Crippen molar-refractivity contribution in [2.24, 2.45) is 0 Å². The number of anilines is 1. The Balaban J connectivity index is 2.18. The lowest BCUT2D eigenvalue weighted by atomic mass is 10.1. The van der Waals surface area contributed by atoms with Gasteiger partial charge >= 0.3 is 0 Å². The van der Waals surface area contributed by atoms with Gasteiger partial charge in [-0.3, -0.25) is 4.79 Å². The summed E-state index contributed by atoms with van der Waals surface area (Å²) < 4.78 is 11.3. The van der Waals surface area contributed by atoms with Crippen molar-refractivity contribution in [3.63, 3.8) is 0 Å². The third-order valence-corrected chi connectivity index (χ3v) is 3.71. The van der Waals surface area contributed by atoms with E-state index in [1.165, 1.54) is 0 Å². The predicted octanol–water partition coefficient (Wildman–Crippen LogP) is 4.88. The lowest BCUT2D eigenvalue weighted by Crippen LogP contribution is -2.13. The van der Waals surface area contributed by atoms with Crippen molar-refractivity contribution >= 4 is 11.6 Å². The molecular weight excluding hydrogens is 314 g/mol. The molecule has 2 rings (SSSR count). The zero-order valence-corrected chi connectivity index (χ0v) is 15.5. The maximum atomic E-state index is 12.6. The highest BCUT2D eigenvalue weighted by atomic mass is 16.5. The van der Waals surface area contributed by atoms with Gasteiger partial charge in [-0.1, -0.05) is 13.0 Å². The van der Waals surface area contributed by atoms with Crippen molar-refractivity contribution in [2.75, 3.05) is 18.5 Å². The highest BCUT2D eigenvalue weighted by molar-refractivity contribution is 6.04. The molecule has 0 bridgehead atoms. The molecule has 4 nitrogen and oxygen atoms in total. The molecule has 134 valence electrons. The van der Waals surface area contributed by atoms with E-state index in [0.29, 0.717) is 25.4 Å². The van der Waals surface area contributed by atoms with E-state index in [1.54, 1.807) is 6.07 Å². The SMILES string of the molecule is CCCOCc1cc(C(=O)Nc2cc(C)cc(C)c2)ccc1OCC. The molecule has 0 aliphatic heterocycles. The normalized spacial score (nSPS) is 10.6. The Morgan fingerprint density at radius 1 is 1.04 bits per heavy atom. The first-order valence-electron chi connectivity index (χ1n) is 8.76. The number of aryl methyl sites for hydroxylation is 2. The number of benzene rings is 2. The number of carbonyl (C=O) groups excluding carboxylic acids is 1. The molecule has 25 heavy (non-hydrogen) atoms. The summed E-state index contributed by atoms with van der Waals surface area (Å²) in [6.45, 7) is 9.74. The molecule has 0 heterocycles. The van der Waals surface area contributed by atoms with Gasteiger partial charge in [-0.15, -0.1) is 0 Å². The zero-order valence-electron chi connectivity index (χ0n) is 15.5. The fourth-order valence-electron chi connectivity index (χ4n) is 2.71. The minimum absolute atomic E-state index is 0.134. The number of nitrogens with one attached hydrogen (secondary N) is 1. The molecule has 0 aromatic heterocycles. The van der Waals surface area contributed by atoms with Crippen LogP contribution in [0.2, 0.25) is 0 Å². The maximum Gasteiger partial charge on any atom is 0.255 e. The van der Waals surface area contributed by atoms with Crippen LogP contribution in [-0.2, 0) is 11.3 Å². The molecule has 1 N–H and O–H groups in total. The molecule has 0 fully saturated rings. The smallest absolute Gasteiger partial charge is 0.255 e. The topological polar surface area (TPSA) is 47.6 Å². The van der Waals surface area contributed by atoms with Gasteiger partial charge in [0.2, 0.25) is 0 Å². The Morgan fingerprint density at radius 2 is 1.76 bits per heavy atom. The van der Waals surface area contributed by atoms with E-state index < -0.39 is 0 Å². The molecule has 0 aliphatic carbocycles. The molecule has 0 saturated heterocycles. The van der Waals surface area contributed by atoms with Crippen molar-refractivity contribution in [3.8, 4) is 5.75 Å². The van der Waals surface area contributed by atoms with Crippen LogP contribution in [-0.4, -0.2) is 19.1 Å². The molecule has 4 heteroatoms. The predicted molar refractivity (Wildman–Crippen MR) is 101 cm³/mol. The monoisotopic (exact) mass is 341 g/mol. The van der Waals surface area contributed by atoms with Gasteiger partial charge in [0.1, 0.15) is 5.75 Å². The summed E-state index contributed by atoms with van der Waals surface area (Å²) in [5.74, 6) is 0.631. The largest absolute Gasteiger partial charge is 0.494 e. The quantitative estimate of drug-likeness (QED) is 0.696. The summed E-state index contributed by atoms with van der Waals surface area (Å²) in [7, 11) is 0. The second-order valence-corrected chi connectivity index (χ2v) is 6.14. The van der Waals surface area contributed by atoms with E-state index in [0.717, 1.165) is 34.5 Å². The number of hydrogen-bond acceptors (Lipinski definition) is 3. The second kappa shape index (κ2) is 9.23. The summed E-state index contributed by atoms with van der Waals surface area (Å²) in [6, 6.07) is 11.5. The van der Waals surface area contributed by atoms with Crippen molar-refractivity contribution in [3.05, 3.63) is 58.7 Å². The molecule has 0 atom stereocenters. The van der Waals surface area contributed by atoms with Crippen LogP contribution >= 0.6 is 0 Å². The van der Waals surface area contributed by atoms with Crippen molar-refractivity contribution in [1.29, 1.82) is 0 Å². The van der Waals surface area contributed by atoms with E-state index >= 15 is 0 Å². The number of ether oxygens (including phenoxy) is 2. The van der Waals surface area contributed by atoms with Gasteiger partial charge < -0.3 is 14.8 Å². The van der Waals surface area contributed by atoms with E-state index in [2.05, 4.69) is 18.3 Å². The van der Waals surface area contributed by atoms with Crippen LogP contribution in [0.15, 0.2) is 36.4 Å². The average Bonchev–Trinajstić information content (AvgIpc) is 2.55. The summed E-state index contributed by atoms with van der Waals surface area (Å²) >= 11 is 0. The lowest BCUT2D eigenvalue weighted by molar-refractivity contribution is 0.102. The lowest BCUT2D eigenvalue weighted by Gasteiger charge is -2.13. The summed E-state index contributed by atoms with van der Waals surface area (Å²) in [6.07, 6.45) is 0.955. The Kier molecular flexibility index (Phi) is 7.02. The van der Waals surface area contributed by atoms with Gasteiger partial charge in [-0.2, -0.15) is 0 Å². The van der Waals surface area contributed by atoms with E-state index in [4.69, 9.17) is 9.47 Å². The van der Waals surface area contributed by atoms with Gasteiger partial charge in [0.05, 0.1) is 13.2 Å². The van der Waals surface area contributed by atoms with Crippen molar-refractivity contribution < 1.29 is 14.3 Å². The molecule has 2 aromatic carbocycles. The van der Waals surface area contributed by atoms with E-state index in [1.807, 2.05) is 45.0 Å². The number of rotatable bonds is 8. The third kappa shape index (κ3) is 5.61. The molecular formula is C21H27NO3. The van der Waals surface area contributed by atoms with Crippen LogP contribution in [0.3, 0.4) is 0 Å². The third-order valence-electron chi connectivity index (χ3n) is 3.71. The zero-order chi connectivity index (χ0) is 18.2.